The van der Waals surface area contributed by atoms with Crippen molar-refractivity contribution in [2.75, 3.05) is 44.3 Å². The zero-order valence-corrected chi connectivity index (χ0v) is 19.3. The maximum atomic E-state index is 13.1. The summed E-state index contributed by atoms with van der Waals surface area (Å²) in [7, 11) is -1.76. The molecule has 30 heavy (non-hydrogen) atoms. The van der Waals surface area contributed by atoms with Crippen molar-refractivity contribution in [3.63, 3.8) is 0 Å². The van der Waals surface area contributed by atoms with E-state index in [0.29, 0.717) is 36.2 Å². The number of hydrogen-bond donors (Lipinski definition) is 1. The number of nitrogens with one attached hydrogen (secondary N) is 1. The van der Waals surface area contributed by atoms with E-state index >= 15 is 0 Å². The highest BCUT2D eigenvalue weighted by atomic mass is 32.2. The number of thioether (sulfide) groups is 1. The number of nitrogens with zero attached hydrogens (tertiary/aromatic N) is 4. The third kappa shape index (κ3) is 4.63. The van der Waals surface area contributed by atoms with Crippen LogP contribution in [0.25, 0.3) is 0 Å². The normalized spacial score (nSPS) is 17.6. The topological polar surface area (TPSA) is 95.5 Å². The third-order valence-corrected chi connectivity index (χ3v) is 9.44. The molecule has 1 aromatic heterocycles. The first-order valence-electron chi connectivity index (χ1n) is 10.0. The molecule has 11 heteroatoms. The van der Waals surface area contributed by atoms with E-state index in [-0.39, 0.29) is 11.7 Å². The summed E-state index contributed by atoms with van der Waals surface area (Å²) in [6.07, 6.45) is 4.26. The minimum atomic E-state index is -3.53. The second kappa shape index (κ2) is 9.21. The van der Waals surface area contributed by atoms with E-state index in [4.69, 9.17) is 0 Å². The van der Waals surface area contributed by atoms with E-state index in [2.05, 4.69) is 15.5 Å². The van der Waals surface area contributed by atoms with Crippen molar-refractivity contribution in [2.45, 2.75) is 34.9 Å². The summed E-state index contributed by atoms with van der Waals surface area (Å²) < 4.78 is 28.4. The number of rotatable bonds is 6. The molecule has 0 unspecified atom stereocenters. The van der Waals surface area contributed by atoms with Crippen molar-refractivity contribution in [3.8, 4) is 0 Å². The summed E-state index contributed by atoms with van der Waals surface area (Å²) in [6, 6.07) is 5.54. The van der Waals surface area contributed by atoms with Crippen LogP contribution in [0.15, 0.2) is 27.4 Å². The van der Waals surface area contributed by atoms with Gasteiger partial charge in [0.05, 0.1) is 10.6 Å². The molecule has 8 nitrogen and oxygen atoms in total. The Hall–Kier alpha value is -1.69. The fourth-order valence-electron chi connectivity index (χ4n) is 3.78. The summed E-state index contributed by atoms with van der Waals surface area (Å²) in [5.41, 5.74) is 2.43. The minimum absolute atomic E-state index is 0.00737. The number of amides is 1. The SMILES string of the molecule is CNc1nnc(SCC(=O)N2CCN(S(=O)(=O)c3ccc4c(c3)CCCC4)CC2)s1. The number of anilines is 1. The zero-order chi connectivity index (χ0) is 21.1. The van der Waals surface area contributed by atoms with Crippen LogP contribution in [0, 0.1) is 0 Å². The number of carbonyl (C=O) groups excluding carboxylic acids is 1. The van der Waals surface area contributed by atoms with Crippen LogP contribution in [0.5, 0.6) is 0 Å². The molecular formula is C19H25N5O3S3. The number of fused-ring (bicyclic) bond motifs is 1. The number of hydrogen-bond acceptors (Lipinski definition) is 8. The zero-order valence-electron chi connectivity index (χ0n) is 16.8. The molecule has 4 rings (SSSR count). The maximum Gasteiger partial charge on any atom is 0.243 e. The summed E-state index contributed by atoms with van der Waals surface area (Å²) in [5, 5.41) is 11.6. The van der Waals surface area contributed by atoms with E-state index < -0.39 is 10.0 Å². The lowest BCUT2D eigenvalue weighted by Gasteiger charge is -2.34. The van der Waals surface area contributed by atoms with Gasteiger partial charge in [0.25, 0.3) is 0 Å². The second-order valence-electron chi connectivity index (χ2n) is 7.33. The lowest BCUT2D eigenvalue weighted by molar-refractivity contribution is -0.129. The lowest BCUT2D eigenvalue weighted by atomic mass is 9.92. The van der Waals surface area contributed by atoms with Crippen molar-refractivity contribution in [1.29, 1.82) is 0 Å². The molecule has 1 aromatic carbocycles. The molecule has 2 aromatic rings. The Morgan fingerprint density at radius 2 is 1.87 bits per heavy atom. The van der Waals surface area contributed by atoms with Crippen molar-refractivity contribution >= 4 is 44.2 Å². The highest BCUT2D eigenvalue weighted by molar-refractivity contribution is 8.01. The largest absolute Gasteiger partial charge is 0.363 e. The predicted octanol–water partition coefficient (Wildman–Crippen LogP) is 2.08. The van der Waals surface area contributed by atoms with Gasteiger partial charge in [-0.25, -0.2) is 8.42 Å². The van der Waals surface area contributed by atoms with E-state index in [9.17, 15) is 13.2 Å². The summed E-state index contributed by atoms with van der Waals surface area (Å²) in [5.74, 6) is 0.266. The van der Waals surface area contributed by atoms with Gasteiger partial charge in [0.15, 0.2) is 4.34 Å². The molecule has 1 fully saturated rings. The molecule has 2 heterocycles. The van der Waals surface area contributed by atoms with Gasteiger partial charge in [0, 0.05) is 33.2 Å². The molecule has 1 saturated heterocycles. The Bertz CT molecular complexity index is 1020. The Kier molecular flexibility index (Phi) is 6.61. The molecular weight excluding hydrogens is 442 g/mol. The van der Waals surface area contributed by atoms with Gasteiger partial charge < -0.3 is 10.2 Å². The number of aromatic nitrogens is 2. The first-order valence-corrected chi connectivity index (χ1v) is 13.3. The molecule has 0 spiro atoms. The first kappa shape index (κ1) is 21.5. The van der Waals surface area contributed by atoms with Gasteiger partial charge in [-0.3, -0.25) is 4.79 Å². The first-order chi connectivity index (χ1) is 14.5. The fourth-order valence-corrected chi connectivity index (χ4v) is 6.86. The summed E-state index contributed by atoms with van der Waals surface area (Å²) in [6.45, 7) is 1.44. The molecule has 0 atom stereocenters. The molecule has 162 valence electrons. The minimum Gasteiger partial charge on any atom is -0.363 e. The third-order valence-electron chi connectivity index (χ3n) is 5.49. The number of sulfonamides is 1. The number of carbonyl (C=O) groups is 1. The Labute approximate surface area is 185 Å². The second-order valence-corrected chi connectivity index (χ2v) is 11.5. The molecule has 0 bridgehead atoms. The molecule has 2 aliphatic rings. The van der Waals surface area contributed by atoms with Gasteiger partial charge in [-0.15, -0.1) is 10.2 Å². The highest BCUT2D eigenvalue weighted by Gasteiger charge is 2.30. The van der Waals surface area contributed by atoms with Crippen LogP contribution < -0.4 is 5.32 Å². The predicted molar refractivity (Wildman–Crippen MR) is 119 cm³/mol. The molecule has 0 saturated carbocycles. The number of piperazine rings is 1. The van der Waals surface area contributed by atoms with Crippen LogP contribution in [0.2, 0.25) is 0 Å². The van der Waals surface area contributed by atoms with E-state index in [1.165, 1.54) is 39.4 Å². The Balaban J connectivity index is 1.33. The van der Waals surface area contributed by atoms with Crippen LogP contribution in [-0.2, 0) is 27.7 Å². The fraction of sp³-hybridized carbons (Fsp3) is 0.526. The average Bonchev–Trinajstić information content (AvgIpc) is 3.25. The van der Waals surface area contributed by atoms with Crippen LogP contribution in [0.3, 0.4) is 0 Å². The summed E-state index contributed by atoms with van der Waals surface area (Å²) >= 11 is 2.76. The molecule has 0 radical (unpaired) electrons. The van der Waals surface area contributed by atoms with Crippen molar-refractivity contribution in [1.82, 2.24) is 19.4 Å². The molecule has 1 aliphatic heterocycles. The quantitative estimate of drug-likeness (QED) is 0.650. The molecule has 1 aliphatic carbocycles. The van der Waals surface area contributed by atoms with E-state index in [1.807, 2.05) is 12.1 Å². The van der Waals surface area contributed by atoms with Gasteiger partial charge in [-0.05, 0) is 48.9 Å². The maximum absolute atomic E-state index is 13.1. The standard InChI is InChI=1S/C19H25N5O3S3/c1-20-18-21-22-19(29-18)28-13-17(25)23-8-10-24(11-9-23)30(26,27)16-7-6-14-4-2-3-5-15(14)12-16/h6-7,12H,2-5,8-11,13H2,1H3,(H,20,21). The monoisotopic (exact) mass is 467 g/mol. The van der Waals surface area contributed by atoms with Crippen LogP contribution in [-0.4, -0.2) is 72.7 Å². The van der Waals surface area contributed by atoms with Gasteiger partial charge >= 0.3 is 0 Å². The molecule has 1 N–H and O–H groups in total. The number of benzene rings is 1. The Morgan fingerprint density at radius 1 is 1.13 bits per heavy atom. The van der Waals surface area contributed by atoms with Crippen LogP contribution in [0.4, 0.5) is 5.13 Å². The highest BCUT2D eigenvalue weighted by Crippen LogP contribution is 2.27. The summed E-state index contributed by atoms with van der Waals surface area (Å²) in [4.78, 5) is 14.6. The van der Waals surface area contributed by atoms with Crippen molar-refractivity contribution in [2.24, 2.45) is 0 Å². The van der Waals surface area contributed by atoms with Gasteiger partial charge in [-0.2, -0.15) is 4.31 Å². The van der Waals surface area contributed by atoms with E-state index in [0.717, 1.165) is 29.2 Å². The van der Waals surface area contributed by atoms with Crippen LogP contribution >= 0.6 is 23.1 Å². The number of aryl methyl sites for hydroxylation is 2. The Morgan fingerprint density at radius 3 is 2.57 bits per heavy atom. The van der Waals surface area contributed by atoms with Gasteiger partial charge in [0.1, 0.15) is 0 Å². The van der Waals surface area contributed by atoms with E-state index in [1.54, 1.807) is 18.0 Å². The van der Waals surface area contributed by atoms with Gasteiger partial charge in [0.2, 0.25) is 21.1 Å². The smallest absolute Gasteiger partial charge is 0.243 e. The van der Waals surface area contributed by atoms with Crippen LogP contribution in [0.1, 0.15) is 24.0 Å². The van der Waals surface area contributed by atoms with Gasteiger partial charge in [-0.1, -0.05) is 29.2 Å². The molecule has 1 amide bonds. The lowest BCUT2D eigenvalue weighted by Crippen LogP contribution is -2.51. The van der Waals surface area contributed by atoms with Crippen molar-refractivity contribution in [3.05, 3.63) is 29.3 Å². The van der Waals surface area contributed by atoms with Crippen molar-refractivity contribution < 1.29 is 13.2 Å². The average molecular weight is 468 g/mol.